The lowest BCUT2D eigenvalue weighted by atomic mass is 9.68. The number of aliphatic carboxylic acids is 1. The van der Waals surface area contributed by atoms with Gasteiger partial charge in [0.05, 0.1) is 25.2 Å². The zero-order valence-corrected chi connectivity index (χ0v) is 20.2. The van der Waals surface area contributed by atoms with Crippen LogP contribution in [0.1, 0.15) is 52.9 Å². The van der Waals surface area contributed by atoms with Gasteiger partial charge in [0.15, 0.2) is 0 Å². The van der Waals surface area contributed by atoms with Gasteiger partial charge in [-0.25, -0.2) is 4.79 Å². The Morgan fingerprint density at radius 2 is 1.94 bits per heavy atom. The van der Waals surface area contributed by atoms with E-state index in [1.54, 1.807) is 7.11 Å². The number of nitrogens with one attached hydrogen (secondary N) is 1. The third-order valence-electron chi connectivity index (χ3n) is 7.76. The van der Waals surface area contributed by atoms with E-state index in [2.05, 4.69) is 32.2 Å². The normalized spacial score (nSPS) is 38.5. The van der Waals surface area contributed by atoms with Crippen molar-refractivity contribution in [3.8, 4) is 0 Å². The van der Waals surface area contributed by atoms with Crippen molar-refractivity contribution in [2.75, 3.05) is 33.4 Å². The fourth-order valence-corrected chi connectivity index (χ4v) is 5.84. The molecule has 6 atom stereocenters. The van der Waals surface area contributed by atoms with Crippen molar-refractivity contribution >= 4 is 12.1 Å². The monoisotopic (exact) mass is 466 g/mol. The number of alkyl carbamates (subject to hydrolysis) is 1. The number of amides is 1. The molecule has 9 heteroatoms. The second-order valence-corrected chi connectivity index (χ2v) is 10.4. The predicted octanol–water partition coefficient (Wildman–Crippen LogP) is 2.34. The Labute approximate surface area is 195 Å². The van der Waals surface area contributed by atoms with Crippen LogP contribution in [-0.2, 0) is 23.7 Å². The second-order valence-electron chi connectivity index (χ2n) is 10.4. The topological polar surface area (TPSA) is 113 Å². The minimum Gasteiger partial charge on any atom is -0.480 e. The SMILES string of the molecule is CO[C@@H]1[C@H](OC(=O)NC2CCN(CC(=O)O)CC2)CC[C@]2(CO2)[C@H]1[C@@]1(C)OC1CC=C(C)C. The number of allylic oxidation sites excluding steroid dienone is 1. The molecule has 0 aromatic rings. The molecule has 0 aromatic carbocycles. The Morgan fingerprint density at radius 3 is 2.52 bits per heavy atom. The molecule has 4 aliphatic rings. The Bertz CT molecular complexity index is 771. The van der Waals surface area contributed by atoms with Crippen molar-refractivity contribution in [1.29, 1.82) is 0 Å². The smallest absolute Gasteiger partial charge is 0.407 e. The van der Waals surface area contributed by atoms with Crippen LogP contribution in [0.2, 0.25) is 0 Å². The van der Waals surface area contributed by atoms with Gasteiger partial charge in [0.25, 0.3) is 0 Å². The Hall–Kier alpha value is -1.68. The number of epoxide rings is 2. The van der Waals surface area contributed by atoms with Crippen molar-refractivity contribution in [3.05, 3.63) is 11.6 Å². The maximum absolute atomic E-state index is 12.7. The minimum atomic E-state index is -0.827. The molecule has 3 aliphatic heterocycles. The number of nitrogens with zero attached hydrogens (tertiary/aromatic N) is 1. The first-order chi connectivity index (χ1) is 15.7. The number of carbonyl (C=O) groups excluding carboxylic acids is 1. The van der Waals surface area contributed by atoms with E-state index >= 15 is 0 Å². The van der Waals surface area contributed by atoms with Gasteiger partial charge in [-0.2, -0.15) is 0 Å². The largest absolute Gasteiger partial charge is 0.480 e. The molecule has 1 amide bonds. The lowest BCUT2D eigenvalue weighted by Gasteiger charge is -2.42. The molecule has 1 saturated carbocycles. The molecule has 3 saturated heterocycles. The van der Waals surface area contributed by atoms with E-state index in [4.69, 9.17) is 24.1 Å². The maximum Gasteiger partial charge on any atom is 0.407 e. The molecule has 4 rings (SSSR count). The van der Waals surface area contributed by atoms with Crippen molar-refractivity contribution < 1.29 is 33.6 Å². The molecule has 4 fully saturated rings. The summed E-state index contributed by atoms with van der Waals surface area (Å²) in [5.41, 5.74) is 0.657. The van der Waals surface area contributed by atoms with Crippen molar-refractivity contribution in [2.45, 2.75) is 88.4 Å². The van der Waals surface area contributed by atoms with Crippen LogP contribution < -0.4 is 5.32 Å². The van der Waals surface area contributed by atoms with E-state index in [-0.39, 0.29) is 48.0 Å². The fraction of sp³-hybridized carbons (Fsp3) is 0.833. The highest BCUT2D eigenvalue weighted by atomic mass is 16.6. The van der Waals surface area contributed by atoms with Gasteiger partial charge >= 0.3 is 12.1 Å². The van der Waals surface area contributed by atoms with Crippen LogP contribution in [0, 0.1) is 5.92 Å². The first-order valence-electron chi connectivity index (χ1n) is 12.1. The van der Waals surface area contributed by atoms with Crippen molar-refractivity contribution in [2.24, 2.45) is 5.92 Å². The lowest BCUT2D eigenvalue weighted by Crippen LogP contribution is -2.56. The van der Waals surface area contributed by atoms with E-state index in [0.29, 0.717) is 39.0 Å². The molecule has 0 bridgehead atoms. The van der Waals surface area contributed by atoms with E-state index < -0.39 is 12.1 Å². The minimum absolute atomic E-state index is 0.00336. The van der Waals surface area contributed by atoms with Crippen molar-refractivity contribution in [3.63, 3.8) is 0 Å². The van der Waals surface area contributed by atoms with Gasteiger partial charge in [0, 0.05) is 26.2 Å². The summed E-state index contributed by atoms with van der Waals surface area (Å²) >= 11 is 0. The maximum atomic E-state index is 12.7. The van der Waals surface area contributed by atoms with Crippen LogP contribution in [0.4, 0.5) is 4.79 Å². The molecule has 186 valence electrons. The van der Waals surface area contributed by atoms with E-state index in [9.17, 15) is 9.59 Å². The molecule has 0 aromatic heterocycles. The zero-order chi connectivity index (χ0) is 23.8. The third kappa shape index (κ3) is 5.37. The molecular formula is C24H38N2O7. The second kappa shape index (κ2) is 9.52. The van der Waals surface area contributed by atoms with E-state index in [1.807, 2.05) is 4.90 Å². The molecule has 1 aliphatic carbocycles. The highest BCUT2D eigenvalue weighted by molar-refractivity contribution is 5.69. The van der Waals surface area contributed by atoms with Gasteiger partial charge in [0.1, 0.15) is 23.4 Å². The number of likely N-dealkylation sites (tertiary alicyclic amines) is 1. The number of carboxylic acid groups (broad SMARTS) is 1. The van der Waals surface area contributed by atoms with Crippen LogP contribution in [0.5, 0.6) is 0 Å². The molecule has 9 nitrogen and oxygen atoms in total. The van der Waals surface area contributed by atoms with Gasteiger partial charge in [-0.1, -0.05) is 11.6 Å². The van der Waals surface area contributed by atoms with Gasteiger partial charge < -0.3 is 29.4 Å². The molecular weight excluding hydrogens is 428 g/mol. The van der Waals surface area contributed by atoms with Crippen LogP contribution in [0.3, 0.4) is 0 Å². The number of piperidine rings is 1. The van der Waals surface area contributed by atoms with Crippen LogP contribution in [0.25, 0.3) is 0 Å². The Balaban J connectivity index is 1.34. The number of carbonyl (C=O) groups is 2. The highest BCUT2D eigenvalue weighted by Crippen LogP contribution is 2.59. The summed E-state index contributed by atoms with van der Waals surface area (Å²) in [6.07, 6.45) is 4.98. The lowest BCUT2D eigenvalue weighted by molar-refractivity contribution is -0.138. The van der Waals surface area contributed by atoms with Crippen LogP contribution in [0.15, 0.2) is 11.6 Å². The van der Waals surface area contributed by atoms with Gasteiger partial charge in [-0.05, 0) is 52.9 Å². The number of ether oxygens (including phenoxy) is 4. The summed E-state index contributed by atoms with van der Waals surface area (Å²) in [4.78, 5) is 25.5. The summed E-state index contributed by atoms with van der Waals surface area (Å²) in [5, 5.41) is 11.9. The number of rotatable bonds is 8. The summed E-state index contributed by atoms with van der Waals surface area (Å²) in [7, 11) is 1.67. The summed E-state index contributed by atoms with van der Waals surface area (Å²) in [6, 6.07) is -0.0150. The standard InChI is InChI=1S/C24H38N2O7/c1-15(2)5-6-18-23(3,33-18)21-20(30-4)17(7-10-24(21)14-31-24)32-22(29)25-16-8-11-26(12-9-16)13-19(27)28/h5,16-18,20-21H,6-14H2,1-4H3,(H,25,29)(H,27,28)/t17-,18?,20-,21-,23+,24+/m1/s1. The van der Waals surface area contributed by atoms with Crippen LogP contribution >= 0.6 is 0 Å². The molecule has 0 radical (unpaired) electrons. The average Bonchev–Trinajstić information content (AvgIpc) is 3.66. The van der Waals surface area contributed by atoms with Gasteiger partial charge in [-0.15, -0.1) is 0 Å². The van der Waals surface area contributed by atoms with Gasteiger partial charge in [0.2, 0.25) is 0 Å². The zero-order valence-electron chi connectivity index (χ0n) is 20.2. The number of carboxylic acids is 1. The predicted molar refractivity (Wildman–Crippen MR) is 120 cm³/mol. The van der Waals surface area contributed by atoms with Crippen molar-refractivity contribution in [1.82, 2.24) is 10.2 Å². The Morgan fingerprint density at radius 1 is 1.24 bits per heavy atom. The molecule has 2 N–H and O–H groups in total. The summed E-state index contributed by atoms with van der Waals surface area (Å²) < 4.78 is 24.0. The van der Waals surface area contributed by atoms with E-state index in [1.165, 1.54) is 5.57 Å². The third-order valence-corrected chi connectivity index (χ3v) is 7.76. The highest BCUT2D eigenvalue weighted by Gasteiger charge is 2.72. The molecule has 1 spiro atoms. The molecule has 33 heavy (non-hydrogen) atoms. The van der Waals surface area contributed by atoms with Gasteiger partial charge in [-0.3, -0.25) is 9.69 Å². The average molecular weight is 467 g/mol. The van der Waals surface area contributed by atoms with Crippen LogP contribution in [-0.4, -0.2) is 91.0 Å². The quantitative estimate of drug-likeness (QED) is 0.414. The number of methoxy groups -OCH3 is 1. The molecule has 1 unspecified atom stereocenters. The first kappa shape index (κ1) is 24.4. The fourth-order valence-electron chi connectivity index (χ4n) is 5.84. The van der Waals surface area contributed by atoms with E-state index in [0.717, 1.165) is 12.8 Å². The number of hydrogen-bond donors (Lipinski definition) is 2. The summed E-state index contributed by atoms with van der Waals surface area (Å²) in [6.45, 7) is 8.32. The molecule has 3 heterocycles. The summed E-state index contributed by atoms with van der Waals surface area (Å²) in [5.74, 6) is -0.830. The Kier molecular flexibility index (Phi) is 7.05. The first-order valence-corrected chi connectivity index (χ1v) is 12.1. The number of hydrogen-bond acceptors (Lipinski definition) is 7.